The Balaban J connectivity index is 1.68. The summed E-state index contributed by atoms with van der Waals surface area (Å²) in [5.41, 5.74) is 5.82. The van der Waals surface area contributed by atoms with Crippen LogP contribution in [0, 0.1) is 13.8 Å². The van der Waals surface area contributed by atoms with Gasteiger partial charge in [-0.05, 0) is 61.8 Å². The number of aryl methyl sites for hydroxylation is 2. The Bertz CT molecular complexity index is 1060. The Hall–Kier alpha value is -2.95. The van der Waals surface area contributed by atoms with Crippen LogP contribution in [0.2, 0.25) is 0 Å². The molecule has 0 radical (unpaired) electrons. The van der Waals surface area contributed by atoms with Gasteiger partial charge in [-0.15, -0.1) is 0 Å². The molecule has 2 heterocycles. The number of hydrogen-bond donors (Lipinski definition) is 0. The molecule has 0 spiro atoms. The van der Waals surface area contributed by atoms with E-state index in [1.165, 1.54) is 21.4 Å². The van der Waals surface area contributed by atoms with Gasteiger partial charge < -0.3 is 4.74 Å². The lowest BCUT2D eigenvalue weighted by atomic mass is 9.79. The number of pyridine rings is 1. The molecule has 138 valence electrons. The van der Waals surface area contributed by atoms with Crippen LogP contribution in [0.25, 0.3) is 5.82 Å². The smallest absolute Gasteiger partial charge is 0.276 e. The molecule has 1 aromatic carbocycles. The van der Waals surface area contributed by atoms with Gasteiger partial charge in [0.05, 0.1) is 13.3 Å². The molecule has 1 aliphatic carbocycles. The standard InChI is InChI=1S/C22H23N3O2/c1-14-4-6-19(15(2)10-14)16-5-7-20-17(11-16)13-24-25(22(20)26)21-12-18(27-3)8-9-23-21/h4,6,8-10,12-13,16H,5,7,11H2,1-3H3. The second-order valence-corrected chi connectivity index (χ2v) is 7.22. The summed E-state index contributed by atoms with van der Waals surface area (Å²) in [7, 11) is 1.59. The molecule has 5 heteroatoms. The molecule has 0 bridgehead atoms. The molecular weight excluding hydrogens is 338 g/mol. The number of methoxy groups -OCH3 is 1. The zero-order valence-corrected chi connectivity index (χ0v) is 15.9. The molecule has 27 heavy (non-hydrogen) atoms. The fourth-order valence-electron chi connectivity index (χ4n) is 4.01. The maximum Gasteiger partial charge on any atom is 0.276 e. The Labute approximate surface area is 158 Å². The molecule has 4 rings (SSSR count). The molecule has 1 atom stereocenters. The molecule has 2 aromatic heterocycles. The number of aromatic nitrogens is 3. The number of nitrogens with zero attached hydrogens (tertiary/aromatic N) is 3. The van der Waals surface area contributed by atoms with Gasteiger partial charge in [-0.1, -0.05) is 23.8 Å². The van der Waals surface area contributed by atoms with Crippen molar-refractivity contribution in [2.24, 2.45) is 0 Å². The highest BCUT2D eigenvalue weighted by molar-refractivity contribution is 5.38. The van der Waals surface area contributed by atoms with Gasteiger partial charge in [0.25, 0.3) is 5.56 Å². The van der Waals surface area contributed by atoms with Crippen molar-refractivity contribution in [1.82, 2.24) is 14.8 Å². The van der Waals surface area contributed by atoms with Gasteiger partial charge >= 0.3 is 0 Å². The highest BCUT2D eigenvalue weighted by atomic mass is 16.5. The molecule has 1 unspecified atom stereocenters. The molecular formula is C22H23N3O2. The largest absolute Gasteiger partial charge is 0.497 e. The lowest BCUT2D eigenvalue weighted by Crippen LogP contribution is -2.30. The van der Waals surface area contributed by atoms with E-state index in [4.69, 9.17) is 4.74 Å². The predicted molar refractivity (Wildman–Crippen MR) is 105 cm³/mol. The molecule has 0 saturated carbocycles. The van der Waals surface area contributed by atoms with Crippen LogP contribution in [0.4, 0.5) is 0 Å². The predicted octanol–water partition coefficient (Wildman–Crippen LogP) is 3.53. The van der Waals surface area contributed by atoms with Gasteiger partial charge in [0.1, 0.15) is 5.75 Å². The summed E-state index contributed by atoms with van der Waals surface area (Å²) in [6, 6.07) is 10.1. The van der Waals surface area contributed by atoms with Crippen LogP contribution < -0.4 is 10.3 Å². The Morgan fingerprint density at radius 1 is 1.19 bits per heavy atom. The van der Waals surface area contributed by atoms with Crippen molar-refractivity contribution in [3.05, 3.63) is 80.9 Å². The van der Waals surface area contributed by atoms with E-state index in [1.54, 1.807) is 25.4 Å². The molecule has 0 fully saturated rings. The van der Waals surface area contributed by atoms with Crippen molar-refractivity contribution in [3.63, 3.8) is 0 Å². The van der Waals surface area contributed by atoms with Crippen molar-refractivity contribution in [1.29, 1.82) is 0 Å². The molecule has 5 nitrogen and oxygen atoms in total. The van der Waals surface area contributed by atoms with Gasteiger partial charge in [-0.2, -0.15) is 9.78 Å². The molecule has 0 aliphatic heterocycles. The van der Waals surface area contributed by atoms with Crippen molar-refractivity contribution < 1.29 is 4.74 Å². The molecule has 0 amide bonds. The first-order chi connectivity index (χ1) is 13.1. The van der Waals surface area contributed by atoms with Gasteiger partial charge in [-0.25, -0.2) is 4.98 Å². The van der Waals surface area contributed by atoms with Crippen molar-refractivity contribution in [3.8, 4) is 11.6 Å². The third-order valence-corrected chi connectivity index (χ3v) is 5.41. The highest BCUT2D eigenvalue weighted by Crippen LogP contribution is 2.33. The number of benzene rings is 1. The van der Waals surface area contributed by atoms with E-state index in [0.717, 1.165) is 30.4 Å². The van der Waals surface area contributed by atoms with Crippen molar-refractivity contribution >= 4 is 0 Å². The number of ether oxygens (including phenoxy) is 1. The van der Waals surface area contributed by atoms with Crippen LogP contribution in [0.5, 0.6) is 5.75 Å². The Kier molecular flexibility index (Phi) is 4.52. The van der Waals surface area contributed by atoms with E-state index in [1.807, 2.05) is 6.20 Å². The normalized spacial score (nSPS) is 16.0. The minimum absolute atomic E-state index is 0.0765. The summed E-state index contributed by atoms with van der Waals surface area (Å²) >= 11 is 0. The van der Waals surface area contributed by atoms with Gasteiger partial charge in [0.15, 0.2) is 5.82 Å². The van der Waals surface area contributed by atoms with Crippen LogP contribution in [0.15, 0.2) is 47.5 Å². The van der Waals surface area contributed by atoms with Crippen molar-refractivity contribution in [2.75, 3.05) is 7.11 Å². The summed E-state index contributed by atoms with van der Waals surface area (Å²) in [4.78, 5) is 17.3. The minimum atomic E-state index is -0.0765. The first-order valence-electron chi connectivity index (χ1n) is 9.24. The monoisotopic (exact) mass is 361 g/mol. The fourth-order valence-corrected chi connectivity index (χ4v) is 4.01. The lowest BCUT2D eigenvalue weighted by Gasteiger charge is -2.26. The molecule has 1 aliphatic rings. The van der Waals surface area contributed by atoms with E-state index in [0.29, 0.717) is 17.5 Å². The lowest BCUT2D eigenvalue weighted by molar-refractivity contribution is 0.413. The summed E-state index contributed by atoms with van der Waals surface area (Å²) < 4.78 is 6.60. The Morgan fingerprint density at radius 3 is 2.81 bits per heavy atom. The second-order valence-electron chi connectivity index (χ2n) is 7.22. The maximum absolute atomic E-state index is 13.0. The molecule has 0 N–H and O–H groups in total. The third kappa shape index (κ3) is 3.25. The van der Waals surface area contributed by atoms with E-state index < -0.39 is 0 Å². The zero-order chi connectivity index (χ0) is 19.0. The number of fused-ring (bicyclic) bond motifs is 1. The van der Waals surface area contributed by atoms with Crippen LogP contribution in [0.3, 0.4) is 0 Å². The number of hydrogen-bond acceptors (Lipinski definition) is 4. The SMILES string of the molecule is COc1ccnc(-n2ncc3c(c2=O)CCC(c2ccc(C)cc2C)C3)c1. The summed E-state index contributed by atoms with van der Waals surface area (Å²) in [6.07, 6.45) is 6.04. The second kappa shape index (κ2) is 6.99. The average Bonchev–Trinajstić information content (AvgIpc) is 2.68. The third-order valence-electron chi connectivity index (χ3n) is 5.41. The van der Waals surface area contributed by atoms with Gasteiger partial charge in [0.2, 0.25) is 0 Å². The highest BCUT2D eigenvalue weighted by Gasteiger charge is 2.25. The first kappa shape index (κ1) is 17.5. The van der Waals surface area contributed by atoms with Crippen LogP contribution >= 0.6 is 0 Å². The van der Waals surface area contributed by atoms with Crippen molar-refractivity contribution in [2.45, 2.75) is 39.0 Å². The zero-order valence-electron chi connectivity index (χ0n) is 15.9. The van der Waals surface area contributed by atoms with Crippen LogP contribution in [0.1, 0.15) is 40.2 Å². The summed E-state index contributed by atoms with van der Waals surface area (Å²) in [5, 5.41) is 4.39. The summed E-state index contributed by atoms with van der Waals surface area (Å²) in [5.74, 6) is 1.57. The molecule has 3 aromatic rings. The summed E-state index contributed by atoms with van der Waals surface area (Å²) in [6.45, 7) is 4.29. The minimum Gasteiger partial charge on any atom is -0.497 e. The van der Waals surface area contributed by atoms with E-state index in [-0.39, 0.29) is 5.56 Å². The van der Waals surface area contributed by atoms with E-state index in [9.17, 15) is 4.79 Å². The van der Waals surface area contributed by atoms with E-state index >= 15 is 0 Å². The maximum atomic E-state index is 13.0. The topological polar surface area (TPSA) is 57.0 Å². The average molecular weight is 361 g/mol. The number of rotatable bonds is 3. The Morgan fingerprint density at radius 2 is 2.04 bits per heavy atom. The molecule has 0 saturated heterocycles. The van der Waals surface area contributed by atoms with Crippen LogP contribution in [-0.4, -0.2) is 21.9 Å². The van der Waals surface area contributed by atoms with E-state index in [2.05, 4.69) is 42.1 Å². The van der Waals surface area contributed by atoms with Gasteiger partial charge in [-0.3, -0.25) is 4.79 Å². The van der Waals surface area contributed by atoms with Gasteiger partial charge in [0, 0.05) is 17.8 Å². The van der Waals surface area contributed by atoms with Crippen LogP contribution in [-0.2, 0) is 12.8 Å². The fraction of sp³-hybridized carbons (Fsp3) is 0.318. The first-order valence-corrected chi connectivity index (χ1v) is 9.24. The quantitative estimate of drug-likeness (QED) is 0.716.